The lowest BCUT2D eigenvalue weighted by molar-refractivity contribution is -0.134. The van der Waals surface area contributed by atoms with Crippen LogP contribution in [-0.2, 0) is 9.53 Å². The molecule has 0 spiro atoms. The summed E-state index contributed by atoms with van der Waals surface area (Å²) in [6.45, 7) is 4.02. The zero-order valence-electron chi connectivity index (χ0n) is 10.7. The zero-order valence-corrected chi connectivity index (χ0v) is 10.7. The van der Waals surface area contributed by atoms with Gasteiger partial charge in [0.05, 0.1) is 0 Å². The maximum Gasteiger partial charge on any atom is 0.225 e. The average molecular weight is 228 g/mol. The average Bonchev–Trinajstić information content (AvgIpc) is 2.29. The second-order valence-electron chi connectivity index (χ2n) is 4.69. The molecule has 1 amide bonds. The quantitative estimate of drug-likeness (QED) is 0.653. The standard InChI is InChI=1S/C12H24N2O2/c1-13(2)12(15)11-5-8-14(9-6-11)7-4-10-16-3/h11H,4-10H2,1-3H3. The number of hydrogen-bond donors (Lipinski definition) is 0. The minimum atomic E-state index is 0.244. The maximum absolute atomic E-state index is 11.8. The minimum Gasteiger partial charge on any atom is -0.385 e. The molecule has 0 saturated carbocycles. The predicted molar refractivity (Wildman–Crippen MR) is 64.4 cm³/mol. The summed E-state index contributed by atoms with van der Waals surface area (Å²) < 4.78 is 5.04. The third-order valence-corrected chi connectivity index (χ3v) is 3.20. The molecule has 0 aromatic rings. The van der Waals surface area contributed by atoms with Crippen LogP contribution in [0.2, 0.25) is 0 Å². The number of amides is 1. The molecule has 4 nitrogen and oxygen atoms in total. The summed E-state index contributed by atoms with van der Waals surface area (Å²) in [5.41, 5.74) is 0. The van der Waals surface area contributed by atoms with E-state index in [2.05, 4.69) is 4.90 Å². The number of hydrogen-bond acceptors (Lipinski definition) is 3. The van der Waals surface area contributed by atoms with Crippen molar-refractivity contribution in [3.8, 4) is 0 Å². The number of carbonyl (C=O) groups is 1. The predicted octanol–water partition coefficient (Wildman–Crippen LogP) is 0.823. The van der Waals surface area contributed by atoms with Crippen LogP contribution in [0.4, 0.5) is 0 Å². The van der Waals surface area contributed by atoms with Gasteiger partial charge in [-0.2, -0.15) is 0 Å². The molecule has 1 aliphatic rings. The molecule has 4 heteroatoms. The molecule has 0 radical (unpaired) electrons. The Labute approximate surface area is 98.5 Å². The van der Waals surface area contributed by atoms with Gasteiger partial charge in [0, 0.05) is 40.3 Å². The highest BCUT2D eigenvalue weighted by atomic mass is 16.5. The third-order valence-electron chi connectivity index (χ3n) is 3.20. The van der Waals surface area contributed by atoms with E-state index in [9.17, 15) is 4.79 Å². The van der Waals surface area contributed by atoms with Crippen molar-refractivity contribution in [2.75, 3.05) is 47.4 Å². The molecule has 1 rings (SSSR count). The summed E-state index contributed by atoms with van der Waals surface area (Å²) in [7, 11) is 5.42. The van der Waals surface area contributed by atoms with Crippen molar-refractivity contribution in [3.63, 3.8) is 0 Å². The fourth-order valence-corrected chi connectivity index (χ4v) is 2.20. The Balaban J connectivity index is 2.20. The van der Waals surface area contributed by atoms with Crippen LogP contribution in [0.1, 0.15) is 19.3 Å². The van der Waals surface area contributed by atoms with Crippen LogP contribution < -0.4 is 0 Å². The Morgan fingerprint density at radius 1 is 1.38 bits per heavy atom. The monoisotopic (exact) mass is 228 g/mol. The van der Waals surface area contributed by atoms with Gasteiger partial charge in [-0.05, 0) is 32.4 Å². The Hall–Kier alpha value is -0.610. The lowest BCUT2D eigenvalue weighted by Gasteiger charge is -2.32. The number of nitrogens with zero attached hydrogens (tertiary/aromatic N) is 2. The van der Waals surface area contributed by atoms with Crippen LogP contribution in [-0.4, -0.2) is 63.2 Å². The summed E-state index contributed by atoms with van der Waals surface area (Å²) >= 11 is 0. The van der Waals surface area contributed by atoms with E-state index in [4.69, 9.17) is 4.74 Å². The van der Waals surface area contributed by atoms with Crippen molar-refractivity contribution in [1.29, 1.82) is 0 Å². The smallest absolute Gasteiger partial charge is 0.225 e. The van der Waals surface area contributed by atoms with Crippen LogP contribution in [0.25, 0.3) is 0 Å². The molecule has 16 heavy (non-hydrogen) atoms. The number of ether oxygens (including phenoxy) is 1. The molecule has 0 unspecified atom stereocenters. The van der Waals surface area contributed by atoms with Gasteiger partial charge in [0.25, 0.3) is 0 Å². The van der Waals surface area contributed by atoms with Gasteiger partial charge in [0.2, 0.25) is 5.91 Å². The number of piperidine rings is 1. The molecule has 1 aliphatic heterocycles. The first-order chi connectivity index (χ1) is 7.65. The molecule has 0 bridgehead atoms. The van der Waals surface area contributed by atoms with Crippen molar-refractivity contribution in [1.82, 2.24) is 9.80 Å². The number of carbonyl (C=O) groups excluding carboxylic acids is 1. The largest absolute Gasteiger partial charge is 0.385 e. The number of methoxy groups -OCH3 is 1. The number of likely N-dealkylation sites (tertiary alicyclic amines) is 1. The van der Waals surface area contributed by atoms with E-state index >= 15 is 0 Å². The van der Waals surface area contributed by atoms with Crippen LogP contribution in [0, 0.1) is 5.92 Å². The number of rotatable bonds is 5. The third kappa shape index (κ3) is 4.10. The van der Waals surface area contributed by atoms with Gasteiger partial charge in [-0.25, -0.2) is 0 Å². The molecule has 0 N–H and O–H groups in total. The van der Waals surface area contributed by atoms with Crippen LogP contribution in [0.15, 0.2) is 0 Å². The van der Waals surface area contributed by atoms with Crippen molar-refractivity contribution in [2.24, 2.45) is 5.92 Å². The van der Waals surface area contributed by atoms with Crippen LogP contribution in [0.5, 0.6) is 0 Å². The first-order valence-corrected chi connectivity index (χ1v) is 6.07. The Morgan fingerprint density at radius 2 is 2.00 bits per heavy atom. The molecule has 0 aromatic carbocycles. The molecule has 0 aromatic heterocycles. The highest BCUT2D eigenvalue weighted by molar-refractivity contribution is 5.78. The molecule has 1 fully saturated rings. The molecule has 94 valence electrons. The summed E-state index contributed by atoms with van der Waals surface area (Å²) in [5, 5.41) is 0. The fourth-order valence-electron chi connectivity index (χ4n) is 2.20. The lowest BCUT2D eigenvalue weighted by atomic mass is 9.95. The van der Waals surface area contributed by atoms with Crippen molar-refractivity contribution in [3.05, 3.63) is 0 Å². The van der Waals surface area contributed by atoms with E-state index in [0.717, 1.165) is 45.5 Å². The van der Waals surface area contributed by atoms with Crippen LogP contribution >= 0.6 is 0 Å². The Morgan fingerprint density at radius 3 is 2.50 bits per heavy atom. The SMILES string of the molecule is COCCCN1CCC(C(=O)N(C)C)CC1. The van der Waals surface area contributed by atoms with Gasteiger partial charge in [-0.3, -0.25) is 4.79 Å². The lowest BCUT2D eigenvalue weighted by Crippen LogP contribution is -2.40. The van der Waals surface area contributed by atoms with Gasteiger partial charge in [-0.1, -0.05) is 0 Å². The fraction of sp³-hybridized carbons (Fsp3) is 0.917. The summed E-state index contributed by atoms with van der Waals surface area (Å²) in [6.07, 6.45) is 3.09. The topological polar surface area (TPSA) is 32.8 Å². The molecule has 1 heterocycles. The molecule has 0 aliphatic carbocycles. The molecular formula is C12H24N2O2. The second kappa shape index (κ2) is 6.86. The van der Waals surface area contributed by atoms with E-state index in [1.165, 1.54) is 0 Å². The van der Waals surface area contributed by atoms with Crippen molar-refractivity contribution >= 4 is 5.91 Å². The molecule has 0 atom stereocenters. The van der Waals surface area contributed by atoms with Gasteiger partial charge in [0.15, 0.2) is 0 Å². The van der Waals surface area contributed by atoms with E-state index < -0.39 is 0 Å². The van der Waals surface area contributed by atoms with Gasteiger partial charge in [-0.15, -0.1) is 0 Å². The van der Waals surface area contributed by atoms with E-state index in [0.29, 0.717) is 0 Å². The second-order valence-corrected chi connectivity index (χ2v) is 4.69. The van der Waals surface area contributed by atoms with Gasteiger partial charge >= 0.3 is 0 Å². The van der Waals surface area contributed by atoms with Crippen molar-refractivity contribution < 1.29 is 9.53 Å². The summed E-state index contributed by atoms with van der Waals surface area (Å²) in [6, 6.07) is 0. The molecule has 1 saturated heterocycles. The Bertz CT molecular complexity index is 211. The zero-order chi connectivity index (χ0) is 12.0. The highest BCUT2D eigenvalue weighted by Gasteiger charge is 2.25. The first-order valence-electron chi connectivity index (χ1n) is 6.07. The normalized spacial score (nSPS) is 18.7. The summed E-state index contributed by atoms with van der Waals surface area (Å²) in [4.78, 5) is 15.9. The van der Waals surface area contributed by atoms with Crippen molar-refractivity contribution in [2.45, 2.75) is 19.3 Å². The van der Waals surface area contributed by atoms with E-state index in [-0.39, 0.29) is 11.8 Å². The van der Waals surface area contributed by atoms with E-state index in [1.807, 2.05) is 14.1 Å². The van der Waals surface area contributed by atoms with Gasteiger partial charge in [0.1, 0.15) is 0 Å². The van der Waals surface area contributed by atoms with Gasteiger partial charge < -0.3 is 14.5 Å². The molecular weight excluding hydrogens is 204 g/mol. The summed E-state index contributed by atoms with van der Waals surface area (Å²) in [5.74, 6) is 0.533. The highest BCUT2D eigenvalue weighted by Crippen LogP contribution is 2.18. The van der Waals surface area contributed by atoms with E-state index in [1.54, 1.807) is 12.0 Å². The first kappa shape index (κ1) is 13.5. The maximum atomic E-state index is 11.8. The minimum absolute atomic E-state index is 0.244. The Kier molecular flexibility index (Phi) is 5.77. The van der Waals surface area contributed by atoms with Crippen LogP contribution in [0.3, 0.4) is 0 Å².